The molecule has 0 spiro atoms. The van der Waals surface area contributed by atoms with Crippen LogP contribution in [0.4, 0.5) is 10.6 Å². The molecule has 0 aliphatic carbocycles. The minimum Gasteiger partial charge on any atom is -0.354 e. The van der Waals surface area contributed by atoms with Crippen LogP contribution in [-0.2, 0) is 11.3 Å². The molecular weight excluding hydrogens is 334 g/mol. The number of carbonyl (C=O) groups excluding carboxylic acids is 2. The van der Waals surface area contributed by atoms with Gasteiger partial charge in [0.1, 0.15) is 0 Å². The molecule has 2 atom stereocenters. The number of piperazine rings is 1. The number of nitrogens with zero attached hydrogens (tertiary/aromatic N) is 3. The van der Waals surface area contributed by atoms with Crippen molar-refractivity contribution in [1.29, 1.82) is 0 Å². The average Bonchev–Trinajstić information content (AvgIpc) is 3.06. The van der Waals surface area contributed by atoms with Crippen molar-refractivity contribution in [1.82, 2.24) is 20.7 Å². The van der Waals surface area contributed by atoms with Crippen LogP contribution in [0.5, 0.6) is 0 Å². The van der Waals surface area contributed by atoms with Crippen molar-refractivity contribution in [2.75, 3.05) is 24.5 Å². The first-order valence-corrected chi connectivity index (χ1v) is 9.14. The van der Waals surface area contributed by atoms with Gasteiger partial charge in [0.05, 0.1) is 5.39 Å². The van der Waals surface area contributed by atoms with Crippen molar-refractivity contribution >= 4 is 28.7 Å². The van der Waals surface area contributed by atoms with Crippen molar-refractivity contribution in [2.45, 2.75) is 37.9 Å². The molecule has 0 radical (unpaired) electrons. The third-order valence-corrected chi connectivity index (χ3v) is 5.67. The lowest BCUT2D eigenvalue weighted by Gasteiger charge is -2.46. The fourth-order valence-corrected chi connectivity index (χ4v) is 4.26. The number of carbonyl (C=O) groups is 2. The van der Waals surface area contributed by atoms with E-state index in [4.69, 9.17) is 4.52 Å². The van der Waals surface area contributed by atoms with E-state index in [1.165, 1.54) is 23.3 Å². The van der Waals surface area contributed by atoms with Gasteiger partial charge in [-0.2, -0.15) is 0 Å². The number of aromatic nitrogens is 1. The molecule has 8 heteroatoms. The molecule has 1 aromatic carbocycles. The minimum absolute atomic E-state index is 0.256. The maximum atomic E-state index is 12.1. The summed E-state index contributed by atoms with van der Waals surface area (Å²) in [5.41, 5.74) is 1.83. The first-order valence-electron chi connectivity index (χ1n) is 9.14. The highest BCUT2D eigenvalue weighted by molar-refractivity contribution is 6.08. The van der Waals surface area contributed by atoms with Gasteiger partial charge in [0.25, 0.3) is 0 Å². The second kappa shape index (κ2) is 6.07. The number of rotatable bonds is 3. The van der Waals surface area contributed by atoms with Crippen LogP contribution in [0.2, 0.25) is 0 Å². The molecule has 4 fully saturated rings. The Morgan fingerprint density at radius 3 is 2.92 bits per heavy atom. The summed E-state index contributed by atoms with van der Waals surface area (Å²) in [5, 5.41) is 10.8. The lowest BCUT2D eigenvalue weighted by molar-refractivity contribution is -0.120. The Morgan fingerprint density at radius 1 is 1.27 bits per heavy atom. The maximum Gasteiger partial charge on any atom is 0.329 e. The third kappa shape index (κ3) is 2.65. The van der Waals surface area contributed by atoms with Gasteiger partial charge in [-0.05, 0) is 30.5 Å². The van der Waals surface area contributed by atoms with Gasteiger partial charge in [-0.25, -0.2) is 4.79 Å². The van der Waals surface area contributed by atoms with Crippen LogP contribution in [0.1, 0.15) is 24.8 Å². The van der Waals surface area contributed by atoms with Gasteiger partial charge in [-0.1, -0.05) is 11.2 Å². The second-order valence-electron chi connectivity index (χ2n) is 7.36. The quantitative estimate of drug-likeness (QED) is 0.860. The predicted octanol–water partition coefficient (Wildman–Crippen LogP) is 1.21. The Morgan fingerprint density at radius 2 is 2.19 bits per heavy atom. The van der Waals surface area contributed by atoms with Gasteiger partial charge in [-0.3, -0.25) is 19.9 Å². The van der Waals surface area contributed by atoms with Crippen molar-refractivity contribution in [3.05, 3.63) is 23.8 Å². The number of fused-ring (bicyclic) bond motifs is 4. The summed E-state index contributed by atoms with van der Waals surface area (Å²) in [6.07, 6.45) is 2.78. The van der Waals surface area contributed by atoms with Gasteiger partial charge in [0, 0.05) is 44.7 Å². The van der Waals surface area contributed by atoms with Gasteiger partial charge in [0.2, 0.25) is 5.91 Å². The van der Waals surface area contributed by atoms with Crippen LogP contribution in [0.25, 0.3) is 11.0 Å². The molecule has 5 heterocycles. The Hall–Kier alpha value is -2.45. The highest BCUT2D eigenvalue weighted by Crippen LogP contribution is 2.30. The van der Waals surface area contributed by atoms with Crippen LogP contribution in [0, 0.1) is 0 Å². The Labute approximate surface area is 150 Å². The fraction of sp³-hybridized carbons (Fsp3) is 0.500. The number of amides is 3. The molecule has 2 N–H and O–H groups in total. The molecule has 6 rings (SSSR count). The summed E-state index contributed by atoms with van der Waals surface area (Å²) in [5.74, 6) is 0.224. The number of hydrogen-bond acceptors (Lipinski definition) is 6. The number of imide groups is 1. The summed E-state index contributed by atoms with van der Waals surface area (Å²) in [6.45, 7) is 3.34. The lowest BCUT2D eigenvalue weighted by Crippen LogP contribution is -2.60. The monoisotopic (exact) mass is 355 g/mol. The molecular formula is C18H21N5O3. The Kier molecular flexibility index (Phi) is 3.68. The SMILES string of the molecule is O=C1CCN(c2noc3ccc(CN4CC5CCC4CN5)cc23)C(=O)N1. The Balaban J connectivity index is 1.42. The molecule has 4 saturated heterocycles. The number of nitrogens with one attached hydrogen (secondary N) is 2. The standard InChI is InChI=1S/C18H21N5O3/c24-16-5-6-23(18(25)20-16)17-14-7-11(1-4-15(14)26-21-17)9-22-10-12-2-3-13(22)8-19-12/h1,4,7,12-13,19H,2-3,5-6,8-10H2,(H,20,24,25). The zero-order chi connectivity index (χ0) is 17.7. The highest BCUT2D eigenvalue weighted by Gasteiger charge is 2.33. The number of hydrogen-bond donors (Lipinski definition) is 2. The van der Waals surface area contributed by atoms with E-state index in [1.807, 2.05) is 6.07 Å². The van der Waals surface area contributed by atoms with Crippen LogP contribution >= 0.6 is 0 Å². The zero-order valence-corrected chi connectivity index (χ0v) is 14.4. The lowest BCUT2D eigenvalue weighted by atomic mass is 9.92. The van der Waals surface area contributed by atoms with Crippen LogP contribution < -0.4 is 15.5 Å². The van der Waals surface area contributed by atoms with Crippen molar-refractivity contribution < 1.29 is 14.1 Å². The van der Waals surface area contributed by atoms with E-state index in [0.717, 1.165) is 25.0 Å². The summed E-state index contributed by atoms with van der Waals surface area (Å²) >= 11 is 0. The molecule has 4 aliphatic rings. The van der Waals surface area contributed by atoms with Gasteiger partial charge >= 0.3 is 6.03 Å². The summed E-state index contributed by atoms with van der Waals surface area (Å²) in [4.78, 5) is 27.5. The molecule has 2 aromatic rings. The van der Waals surface area contributed by atoms with Crippen LogP contribution in [-0.4, -0.2) is 53.7 Å². The van der Waals surface area contributed by atoms with Gasteiger partial charge in [0.15, 0.2) is 11.4 Å². The average molecular weight is 355 g/mol. The fourth-order valence-electron chi connectivity index (χ4n) is 4.26. The largest absolute Gasteiger partial charge is 0.354 e. The summed E-state index contributed by atoms with van der Waals surface area (Å²) in [7, 11) is 0. The third-order valence-electron chi connectivity index (χ3n) is 5.67. The molecule has 2 unspecified atom stereocenters. The van der Waals surface area contributed by atoms with Gasteiger partial charge < -0.3 is 9.84 Å². The summed E-state index contributed by atoms with van der Waals surface area (Å²) in [6, 6.07) is 6.78. The highest BCUT2D eigenvalue weighted by atomic mass is 16.5. The van der Waals surface area contributed by atoms with Crippen molar-refractivity contribution in [3.8, 4) is 0 Å². The van der Waals surface area contributed by atoms with Crippen LogP contribution in [0.3, 0.4) is 0 Å². The Bertz CT molecular complexity index is 871. The first-order chi connectivity index (χ1) is 12.7. The van der Waals surface area contributed by atoms with E-state index < -0.39 is 6.03 Å². The molecule has 1 aromatic heterocycles. The van der Waals surface area contributed by atoms with E-state index in [1.54, 1.807) is 0 Å². The molecule has 8 nitrogen and oxygen atoms in total. The topological polar surface area (TPSA) is 90.7 Å². The smallest absolute Gasteiger partial charge is 0.329 e. The molecule has 0 saturated carbocycles. The molecule has 4 aliphatic heterocycles. The van der Waals surface area contributed by atoms with E-state index in [9.17, 15) is 9.59 Å². The maximum absolute atomic E-state index is 12.1. The van der Waals surface area contributed by atoms with E-state index >= 15 is 0 Å². The van der Waals surface area contributed by atoms with E-state index in [0.29, 0.717) is 30.0 Å². The van der Waals surface area contributed by atoms with Crippen LogP contribution in [0.15, 0.2) is 22.7 Å². The summed E-state index contributed by atoms with van der Waals surface area (Å²) < 4.78 is 5.39. The normalized spacial score (nSPS) is 26.5. The number of benzene rings is 1. The first kappa shape index (κ1) is 15.8. The molecule has 2 bridgehead atoms. The molecule has 3 amide bonds. The van der Waals surface area contributed by atoms with E-state index in [2.05, 4.69) is 32.8 Å². The van der Waals surface area contributed by atoms with Crippen molar-refractivity contribution in [3.63, 3.8) is 0 Å². The van der Waals surface area contributed by atoms with Crippen molar-refractivity contribution in [2.24, 2.45) is 0 Å². The number of piperidine rings is 2. The van der Waals surface area contributed by atoms with E-state index in [-0.39, 0.29) is 12.3 Å². The number of anilines is 1. The zero-order valence-electron chi connectivity index (χ0n) is 14.4. The number of urea groups is 1. The minimum atomic E-state index is -0.443. The molecule has 26 heavy (non-hydrogen) atoms. The second-order valence-corrected chi connectivity index (χ2v) is 7.36. The molecule has 136 valence electrons. The van der Waals surface area contributed by atoms with Gasteiger partial charge in [-0.15, -0.1) is 0 Å². The predicted molar refractivity (Wildman–Crippen MR) is 94.7 cm³/mol.